The number of hydrogen-bond donors (Lipinski definition) is 0. The molecule has 0 unspecified atom stereocenters. The van der Waals surface area contributed by atoms with Gasteiger partial charge in [-0.1, -0.05) is 12.7 Å². The highest BCUT2D eigenvalue weighted by molar-refractivity contribution is 5.88. The van der Waals surface area contributed by atoms with Gasteiger partial charge < -0.3 is 9.64 Å². The number of carbonyl (C=O) groups is 1. The molecular formula is C19H16F3N3O2. The first kappa shape index (κ1) is 18.6. The Kier molecular flexibility index (Phi) is 5.25. The summed E-state index contributed by atoms with van der Waals surface area (Å²) in [6.45, 7) is 4.43. The number of ether oxygens (including phenoxy) is 1. The van der Waals surface area contributed by atoms with E-state index < -0.39 is 11.9 Å². The molecule has 140 valence electrons. The van der Waals surface area contributed by atoms with Crippen LogP contribution in [0.2, 0.25) is 0 Å². The van der Waals surface area contributed by atoms with Gasteiger partial charge in [0.05, 0.1) is 6.20 Å². The number of amides is 1. The highest BCUT2D eigenvalue weighted by Gasteiger charge is 2.32. The summed E-state index contributed by atoms with van der Waals surface area (Å²) in [5.41, 5.74) is 0.505. The molecule has 27 heavy (non-hydrogen) atoms. The molecule has 0 N–H and O–H groups in total. The predicted molar refractivity (Wildman–Crippen MR) is 92.9 cm³/mol. The fourth-order valence-corrected chi connectivity index (χ4v) is 2.66. The predicted octanol–water partition coefficient (Wildman–Crippen LogP) is 4.09. The number of halogens is 3. The number of alkyl halides is 3. The SMILES string of the molecule is C=CC(=O)N1CC=C(c2ncccc2Oc2ccc(C(F)(F)F)nc2)CC1. The van der Waals surface area contributed by atoms with Crippen molar-refractivity contribution in [1.29, 1.82) is 0 Å². The Morgan fingerprint density at radius 1 is 1.26 bits per heavy atom. The van der Waals surface area contributed by atoms with Crippen molar-refractivity contribution < 1.29 is 22.7 Å². The minimum Gasteiger partial charge on any atom is -0.453 e. The third-order valence-electron chi connectivity index (χ3n) is 4.02. The van der Waals surface area contributed by atoms with Gasteiger partial charge in [0.2, 0.25) is 5.91 Å². The van der Waals surface area contributed by atoms with E-state index in [1.807, 2.05) is 6.08 Å². The molecule has 0 aromatic carbocycles. The summed E-state index contributed by atoms with van der Waals surface area (Å²) in [7, 11) is 0. The molecule has 3 heterocycles. The Labute approximate surface area is 153 Å². The van der Waals surface area contributed by atoms with Crippen LogP contribution in [0.1, 0.15) is 17.8 Å². The first-order valence-corrected chi connectivity index (χ1v) is 8.15. The van der Waals surface area contributed by atoms with Crippen LogP contribution in [-0.2, 0) is 11.0 Å². The number of nitrogens with zero attached hydrogens (tertiary/aromatic N) is 3. The molecule has 1 aliphatic rings. The molecule has 8 heteroatoms. The van der Waals surface area contributed by atoms with Gasteiger partial charge in [-0.15, -0.1) is 0 Å². The number of hydrogen-bond acceptors (Lipinski definition) is 4. The average Bonchev–Trinajstić information content (AvgIpc) is 2.68. The monoisotopic (exact) mass is 375 g/mol. The normalized spacial score (nSPS) is 14.5. The minimum absolute atomic E-state index is 0.140. The summed E-state index contributed by atoms with van der Waals surface area (Å²) in [6.07, 6.45) is 1.86. The van der Waals surface area contributed by atoms with Crippen molar-refractivity contribution in [2.75, 3.05) is 13.1 Å². The fourth-order valence-electron chi connectivity index (χ4n) is 2.66. The van der Waals surface area contributed by atoms with Crippen molar-refractivity contribution in [1.82, 2.24) is 14.9 Å². The summed E-state index contributed by atoms with van der Waals surface area (Å²) in [6, 6.07) is 5.44. The van der Waals surface area contributed by atoms with Crippen molar-refractivity contribution >= 4 is 11.5 Å². The highest BCUT2D eigenvalue weighted by atomic mass is 19.4. The van der Waals surface area contributed by atoms with Crippen LogP contribution < -0.4 is 4.74 Å². The van der Waals surface area contributed by atoms with Crippen molar-refractivity contribution in [3.8, 4) is 11.5 Å². The quantitative estimate of drug-likeness (QED) is 0.756. The lowest BCUT2D eigenvalue weighted by molar-refractivity contribution is -0.141. The Morgan fingerprint density at radius 2 is 2.07 bits per heavy atom. The van der Waals surface area contributed by atoms with Crippen LogP contribution in [0.25, 0.3) is 5.57 Å². The molecule has 0 saturated carbocycles. The zero-order chi connectivity index (χ0) is 19.4. The van der Waals surface area contributed by atoms with Gasteiger partial charge in [0.1, 0.15) is 17.1 Å². The van der Waals surface area contributed by atoms with E-state index in [1.165, 1.54) is 12.1 Å². The van der Waals surface area contributed by atoms with Crippen molar-refractivity contribution in [2.45, 2.75) is 12.6 Å². The lowest BCUT2D eigenvalue weighted by Crippen LogP contribution is -2.33. The van der Waals surface area contributed by atoms with Crippen LogP contribution in [0, 0.1) is 0 Å². The molecule has 0 spiro atoms. The highest BCUT2D eigenvalue weighted by Crippen LogP contribution is 2.33. The van der Waals surface area contributed by atoms with Crippen LogP contribution in [0.5, 0.6) is 11.5 Å². The van der Waals surface area contributed by atoms with Gasteiger partial charge in [0, 0.05) is 19.3 Å². The van der Waals surface area contributed by atoms with E-state index in [0.29, 0.717) is 31.0 Å². The van der Waals surface area contributed by atoms with Gasteiger partial charge in [-0.3, -0.25) is 9.78 Å². The standard InChI is InChI=1S/C19H16F3N3O2/c1-2-17(26)25-10-7-13(8-11-25)18-15(4-3-9-23-18)27-14-5-6-16(24-12-14)19(20,21)22/h2-7,9,12H,1,8,10-11H2. The van der Waals surface area contributed by atoms with Crippen LogP contribution in [0.15, 0.2) is 55.4 Å². The number of rotatable bonds is 4. The van der Waals surface area contributed by atoms with E-state index in [-0.39, 0.29) is 11.7 Å². The smallest absolute Gasteiger partial charge is 0.433 e. The van der Waals surface area contributed by atoms with E-state index in [0.717, 1.165) is 17.8 Å². The van der Waals surface area contributed by atoms with Gasteiger partial charge >= 0.3 is 6.18 Å². The largest absolute Gasteiger partial charge is 0.453 e. The summed E-state index contributed by atoms with van der Waals surface area (Å²) >= 11 is 0. The number of carbonyl (C=O) groups excluding carboxylic acids is 1. The van der Waals surface area contributed by atoms with Gasteiger partial charge in [-0.2, -0.15) is 13.2 Å². The van der Waals surface area contributed by atoms with E-state index in [1.54, 1.807) is 23.2 Å². The first-order chi connectivity index (χ1) is 12.9. The second-order valence-corrected chi connectivity index (χ2v) is 5.80. The molecule has 0 fully saturated rings. The molecule has 5 nitrogen and oxygen atoms in total. The summed E-state index contributed by atoms with van der Waals surface area (Å²) < 4.78 is 43.5. The molecule has 1 aliphatic heterocycles. The third-order valence-corrected chi connectivity index (χ3v) is 4.02. The van der Waals surface area contributed by atoms with Gasteiger partial charge in [0.15, 0.2) is 5.75 Å². The maximum atomic E-state index is 12.6. The second kappa shape index (κ2) is 7.61. The fraction of sp³-hybridized carbons (Fsp3) is 0.211. The summed E-state index contributed by atoms with van der Waals surface area (Å²) in [5, 5.41) is 0. The molecule has 0 atom stereocenters. The van der Waals surface area contributed by atoms with Gasteiger partial charge in [-0.05, 0) is 42.3 Å². The number of aromatic nitrogens is 2. The molecule has 1 amide bonds. The number of pyridine rings is 2. The molecule has 2 aromatic rings. The van der Waals surface area contributed by atoms with E-state index in [4.69, 9.17) is 4.74 Å². The van der Waals surface area contributed by atoms with Crippen molar-refractivity contribution in [3.63, 3.8) is 0 Å². The molecule has 3 rings (SSSR count). The van der Waals surface area contributed by atoms with Crippen LogP contribution >= 0.6 is 0 Å². The van der Waals surface area contributed by atoms with Crippen molar-refractivity contribution in [2.24, 2.45) is 0 Å². The molecule has 0 aliphatic carbocycles. The second-order valence-electron chi connectivity index (χ2n) is 5.80. The lowest BCUT2D eigenvalue weighted by atomic mass is 10.0. The van der Waals surface area contributed by atoms with Gasteiger partial charge in [-0.25, -0.2) is 4.98 Å². The van der Waals surface area contributed by atoms with E-state index >= 15 is 0 Å². The van der Waals surface area contributed by atoms with E-state index in [9.17, 15) is 18.0 Å². The molecule has 2 aromatic heterocycles. The molecule has 0 radical (unpaired) electrons. The molecule has 0 saturated heterocycles. The minimum atomic E-state index is -4.50. The Morgan fingerprint density at radius 3 is 2.67 bits per heavy atom. The topological polar surface area (TPSA) is 55.3 Å². The van der Waals surface area contributed by atoms with Crippen LogP contribution in [0.4, 0.5) is 13.2 Å². The van der Waals surface area contributed by atoms with Crippen molar-refractivity contribution in [3.05, 3.63) is 66.8 Å². The Hall–Kier alpha value is -3.16. The van der Waals surface area contributed by atoms with Gasteiger partial charge in [0.25, 0.3) is 0 Å². The zero-order valence-electron chi connectivity index (χ0n) is 14.2. The van der Waals surface area contributed by atoms with Crippen LogP contribution in [0.3, 0.4) is 0 Å². The van der Waals surface area contributed by atoms with E-state index in [2.05, 4.69) is 16.5 Å². The molecule has 0 bridgehead atoms. The summed E-state index contributed by atoms with van der Waals surface area (Å²) in [4.78, 5) is 21.0. The maximum Gasteiger partial charge on any atom is 0.433 e. The Bertz CT molecular complexity index is 877. The zero-order valence-corrected chi connectivity index (χ0v) is 14.2. The third kappa shape index (κ3) is 4.33. The molecular weight excluding hydrogens is 359 g/mol. The summed E-state index contributed by atoms with van der Waals surface area (Å²) in [5.74, 6) is 0.449. The average molecular weight is 375 g/mol. The lowest BCUT2D eigenvalue weighted by Gasteiger charge is -2.25. The first-order valence-electron chi connectivity index (χ1n) is 8.15. The maximum absolute atomic E-state index is 12.6. The van der Waals surface area contributed by atoms with Crippen LogP contribution in [-0.4, -0.2) is 33.9 Å². The Balaban J connectivity index is 1.80.